The Labute approximate surface area is 142 Å². The molecule has 0 unspecified atom stereocenters. The number of alkyl halides is 3. The second-order valence-electron chi connectivity index (χ2n) is 4.63. The fraction of sp³-hybridized carbons (Fsp3) is 0.188. The van der Waals surface area contributed by atoms with Crippen LogP contribution in [0.25, 0.3) is 0 Å². The van der Waals surface area contributed by atoms with E-state index in [9.17, 15) is 13.2 Å². The zero-order valence-corrected chi connectivity index (χ0v) is 13.8. The van der Waals surface area contributed by atoms with E-state index in [0.717, 1.165) is 23.4 Å². The molecule has 0 atom stereocenters. The summed E-state index contributed by atoms with van der Waals surface area (Å²) in [5.41, 5.74) is 0.668. The van der Waals surface area contributed by atoms with E-state index in [-0.39, 0.29) is 0 Å². The van der Waals surface area contributed by atoms with Crippen LogP contribution in [-0.4, -0.2) is 11.4 Å². The van der Waals surface area contributed by atoms with Gasteiger partial charge in [0.15, 0.2) is 0 Å². The first-order chi connectivity index (χ1) is 10.9. The molecule has 2 rings (SSSR count). The number of hydrogen-bond acceptors (Lipinski definition) is 3. The van der Waals surface area contributed by atoms with E-state index in [1.807, 2.05) is 24.3 Å². The van der Waals surface area contributed by atoms with Crippen LogP contribution >= 0.6 is 24.0 Å². The number of halogens is 3. The Morgan fingerprint density at radius 1 is 1.17 bits per heavy atom. The maximum Gasteiger partial charge on any atom is 0.416 e. The first kappa shape index (κ1) is 17.6. The molecule has 0 amide bonds. The van der Waals surface area contributed by atoms with Crippen LogP contribution in [0.4, 0.5) is 18.9 Å². The van der Waals surface area contributed by atoms with Crippen molar-refractivity contribution >= 4 is 34.0 Å². The van der Waals surface area contributed by atoms with Gasteiger partial charge in [0.05, 0.1) is 12.7 Å². The molecule has 0 bridgehead atoms. The van der Waals surface area contributed by atoms with Crippen molar-refractivity contribution in [2.45, 2.75) is 11.9 Å². The van der Waals surface area contributed by atoms with Gasteiger partial charge in [-0.05, 0) is 35.9 Å². The van der Waals surface area contributed by atoms with Gasteiger partial charge in [0, 0.05) is 11.4 Å². The van der Waals surface area contributed by atoms with Gasteiger partial charge in [-0.25, -0.2) is 0 Å². The molecule has 0 aliphatic carbocycles. The van der Waals surface area contributed by atoms with Crippen LogP contribution in [0.1, 0.15) is 11.1 Å². The van der Waals surface area contributed by atoms with E-state index < -0.39 is 11.7 Å². The summed E-state index contributed by atoms with van der Waals surface area (Å²) in [6, 6.07) is 12.5. The number of nitrogens with one attached hydrogen (secondary N) is 1. The van der Waals surface area contributed by atoms with Crippen LogP contribution in [0.5, 0.6) is 5.75 Å². The Bertz CT molecular complexity index is 672. The smallest absolute Gasteiger partial charge is 0.416 e. The van der Waals surface area contributed by atoms with Crippen molar-refractivity contribution in [3.8, 4) is 5.75 Å². The summed E-state index contributed by atoms with van der Waals surface area (Å²) in [5, 5.41) is 2.82. The lowest BCUT2D eigenvalue weighted by Crippen LogP contribution is -2.08. The van der Waals surface area contributed by atoms with E-state index >= 15 is 0 Å². The molecule has 2 aromatic rings. The largest absolute Gasteiger partial charge is 0.497 e. The molecule has 0 saturated heterocycles. The molecule has 0 aliphatic heterocycles. The summed E-state index contributed by atoms with van der Waals surface area (Å²) in [6.07, 6.45) is -4.37. The summed E-state index contributed by atoms with van der Waals surface area (Å²) in [7, 11) is 1.60. The molecule has 7 heteroatoms. The van der Waals surface area contributed by atoms with E-state index in [0.29, 0.717) is 15.8 Å². The third-order valence-electron chi connectivity index (χ3n) is 2.97. The monoisotopic (exact) mass is 357 g/mol. The first-order valence-corrected chi connectivity index (χ1v) is 8.02. The molecule has 0 spiro atoms. The number of hydrogen-bond donors (Lipinski definition) is 1. The normalized spacial score (nSPS) is 11.1. The third-order valence-corrected chi connectivity index (χ3v) is 4.26. The van der Waals surface area contributed by atoms with Gasteiger partial charge in [0.2, 0.25) is 0 Å². The second-order valence-corrected chi connectivity index (χ2v) is 6.28. The number of thioether (sulfide) groups is 1. The lowest BCUT2D eigenvalue weighted by Gasteiger charge is -2.11. The highest BCUT2D eigenvalue weighted by Crippen LogP contribution is 2.31. The van der Waals surface area contributed by atoms with Crippen molar-refractivity contribution in [2.75, 3.05) is 12.4 Å². The molecular formula is C16H14F3NOS2. The van der Waals surface area contributed by atoms with Gasteiger partial charge >= 0.3 is 6.18 Å². The summed E-state index contributed by atoms with van der Waals surface area (Å²) >= 11 is 6.52. The zero-order valence-electron chi connectivity index (χ0n) is 12.2. The van der Waals surface area contributed by atoms with Gasteiger partial charge in [-0.1, -0.05) is 42.2 Å². The minimum atomic E-state index is -4.37. The molecule has 0 saturated carbocycles. The van der Waals surface area contributed by atoms with Gasteiger partial charge in [-0.15, -0.1) is 0 Å². The van der Waals surface area contributed by atoms with Gasteiger partial charge in [-0.3, -0.25) is 0 Å². The lowest BCUT2D eigenvalue weighted by atomic mass is 10.2. The molecule has 0 aliphatic rings. The van der Waals surface area contributed by atoms with Crippen molar-refractivity contribution in [1.82, 2.24) is 0 Å². The molecule has 1 N–H and O–H groups in total. The SMILES string of the molecule is COc1ccc(CSC(=S)Nc2cccc(C(F)(F)F)c2)cc1. The summed E-state index contributed by atoms with van der Waals surface area (Å²) < 4.78 is 43.5. The van der Waals surface area contributed by atoms with Crippen LogP contribution in [0.3, 0.4) is 0 Å². The first-order valence-electron chi connectivity index (χ1n) is 6.62. The molecule has 0 heterocycles. The lowest BCUT2D eigenvalue weighted by molar-refractivity contribution is -0.137. The van der Waals surface area contributed by atoms with Crippen LogP contribution in [-0.2, 0) is 11.9 Å². The number of methoxy groups -OCH3 is 1. The van der Waals surface area contributed by atoms with Crippen molar-refractivity contribution in [3.63, 3.8) is 0 Å². The number of rotatable bonds is 4. The number of benzene rings is 2. The van der Waals surface area contributed by atoms with Crippen molar-refractivity contribution in [1.29, 1.82) is 0 Å². The molecule has 2 nitrogen and oxygen atoms in total. The van der Waals surface area contributed by atoms with Gasteiger partial charge in [-0.2, -0.15) is 13.2 Å². The highest BCUT2D eigenvalue weighted by molar-refractivity contribution is 8.22. The third kappa shape index (κ3) is 5.44. The Kier molecular flexibility index (Phi) is 5.90. The standard InChI is InChI=1S/C16H14F3NOS2/c1-21-14-7-5-11(6-8-14)10-23-15(22)20-13-4-2-3-12(9-13)16(17,18)19/h2-9H,10H2,1H3,(H,20,22). The Balaban J connectivity index is 1.91. The molecule has 122 valence electrons. The molecular weight excluding hydrogens is 343 g/mol. The highest BCUT2D eigenvalue weighted by Gasteiger charge is 2.30. The van der Waals surface area contributed by atoms with E-state index in [2.05, 4.69) is 5.32 Å². The predicted molar refractivity (Wildman–Crippen MR) is 92.0 cm³/mol. The molecule has 0 aromatic heterocycles. The Hall–Kier alpha value is -1.73. The van der Waals surface area contributed by atoms with Crippen LogP contribution in [0.15, 0.2) is 48.5 Å². The molecule has 2 aromatic carbocycles. The average Bonchev–Trinajstić information content (AvgIpc) is 2.53. The molecule has 0 radical (unpaired) electrons. The van der Waals surface area contributed by atoms with Crippen LogP contribution < -0.4 is 10.1 Å². The number of anilines is 1. The topological polar surface area (TPSA) is 21.3 Å². The van der Waals surface area contributed by atoms with Crippen molar-refractivity contribution in [3.05, 3.63) is 59.7 Å². The van der Waals surface area contributed by atoms with Gasteiger partial charge in [0.1, 0.15) is 10.1 Å². The second kappa shape index (κ2) is 7.70. The summed E-state index contributed by atoms with van der Waals surface area (Å²) in [5.74, 6) is 1.39. The minimum Gasteiger partial charge on any atom is -0.497 e. The van der Waals surface area contributed by atoms with Gasteiger partial charge in [0.25, 0.3) is 0 Å². The highest BCUT2D eigenvalue weighted by atomic mass is 32.2. The number of ether oxygens (including phenoxy) is 1. The maximum atomic E-state index is 12.7. The Morgan fingerprint density at radius 2 is 1.87 bits per heavy atom. The average molecular weight is 357 g/mol. The number of thiocarbonyl (C=S) groups is 1. The minimum absolute atomic E-state index is 0.326. The van der Waals surface area contributed by atoms with Crippen LogP contribution in [0, 0.1) is 0 Å². The van der Waals surface area contributed by atoms with Crippen molar-refractivity contribution in [2.24, 2.45) is 0 Å². The predicted octanol–water partition coefficient (Wildman–Crippen LogP) is 5.34. The molecule has 0 fully saturated rings. The van der Waals surface area contributed by atoms with E-state index in [1.54, 1.807) is 13.2 Å². The quantitative estimate of drug-likeness (QED) is 0.745. The van der Waals surface area contributed by atoms with Crippen LogP contribution in [0.2, 0.25) is 0 Å². The molecule has 23 heavy (non-hydrogen) atoms. The summed E-state index contributed by atoms with van der Waals surface area (Å²) in [4.78, 5) is 0. The fourth-order valence-corrected chi connectivity index (χ4v) is 2.77. The summed E-state index contributed by atoms with van der Waals surface area (Å²) in [6.45, 7) is 0. The van der Waals surface area contributed by atoms with E-state index in [4.69, 9.17) is 17.0 Å². The Morgan fingerprint density at radius 3 is 2.48 bits per heavy atom. The zero-order chi connectivity index (χ0) is 16.9. The fourth-order valence-electron chi connectivity index (χ4n) is 1.80. The van der Waals surface area contributed by atoms with Gasteiger partial charge < -0.3 is 10.1 Å². The van der Waals surface area contributed by atoms with Crippen molar-refractivity contribution < 1.29 is 17.9 Å². The maximum absolute atomic E-state index is 12.7. The van der Waals surface area contributed by atoms with E-state index in [1.165, 1.54) is 17.8 Å².